The van der Waals surface area contributed by atoms with Gasteiger partial charge in [0.1, 0.15) is 5.76 Å². The van der Waals surface area contributed by atoms with Gasteiger partial charge in [-0.15, -0.1) is 0 Å². The number of nitrogen functional groups attached to an aromatic ring is 1. The maximum atomic E-state index is 13.0. The Morgan fingerprint density at radius 1 is 1.41 bits per heavy atom. The van der Waals surface area contributed by atoms with Crippen LogP contribution in [0.4, 0.5) is 18.9 Å². The third-order valence-electron chi connectivity index (χ3n) is 3.65. The van der Waals surface area contributed by atoms with Crippen molar-refractivity contribution < 1.29 is 23.1 Å². The second kappa shape index (κ2) is 6.98. The SMILES string of the molecule is C=C/C=C(O)\C(C)=C\c1c(N)c(C(N)=O)cc2nc(C(F)(F)F)c(=O)[nH]c12. The summed E-state index contributed by atoms with van der Waals surface area (Å²) in [5.41, 5.74) is 7.29. The molecule has 1 heterocycles. The zero-order chi connectivity index (χ0) is 20.5. The van der Waals surface area contributed by atoms with Crippen molar-refractivity contribution in [2.45, 2.75) is 13.1 Å². The first-order valence-electron chi connectivity index (χ1n) is 7.41. The Balaban J connectivity index is 2.95. The Bertz CT molecular complexity index is 1070. The second-order valence-corrected chi connectivity index (χ2v) is 5.54. The highest BCUT2D eigenvalue weighted by molar-refractivity contribution is 6.06. The lowest BCUT2D eigenvalue weighted by Gasteiger charge is -2.13. The Kier molecular flexibility index (Phi) is 5.11. The number of H-pyrrole nitrogens is 1. The minimum Gasteiger partial charge on any atom is -0.508 e. The molecule has 0 aliphatic rings. The van der Waals surface area contributed by atoms with Crippen LogP contribution < -0.4 is 17.0 Å². The van der Waals surface area contributed by atoms with Crippen LogP contribution in [0, 0.1) is 0 Å². The van der Waals surface area contributed by atoms with Crippen molar-refractivity contribution in [2.24, 2.45) is 5.73 Å². The number of aliphatic hydroxyl groups is 1. The highest BCUT2D eigenvalue weighted by Gasteiger charge is 2.36. The molecule has 7 nitrogen and oxygen atoms in total. The van der Waals surface area contributed by atoms with Crippen molar-refractivity contribution >= 4 is 28.7 Å². The van der Waals surface area contributed by atoms with Crippen LogP contribution in [-0.2, 0) is 6.18 Å². The summed E-state index contributed by atoms with van der Waals surface area (Å²) >= 11 is 0. The normalized spacial score (nSPS) is 13.0. The van der Waals surface area contributed by atoms with Crippen LogP contribution in [0.3, 0.4) is 0 Å². The first kappa shape index (κ1) is 19.8. The summed E-state index contributed by atoms with van der Waals surface area (Å²) in [6, 6.07) is 0.963. The lowest BCUT2D eigenvalue weighted by molar-refractivity contribution is -0.142. The molecule has 2 rings (SSSR count). The molecule has 1 aromatic carbocycles. The molecular weight excluding hydrogens is 365 g/mol. The van der Waals surface area contributed by atoms with E-state index >= 15 is 0 Å². The molecule has 10 heteroatoms. The second-order valence-electron chi connectivity index (χ2n) is 5.54. The van der Waals surface area contributed by atoms with Crippen molar-refractivity contribution in [1.29, 1.82) is 0 Å². The Morgan fingerprint density at radius 2 is 2.04 bits per heavy atom. The number of hydrogen-bond acceptors (Lipinski definition) is 5. The Morgan fingerprint density at radius 3 is 2.56 bits per heavy atom. The number of halogens is 3. The van der Waals surface area contributed by atoms with E-state index in [0.717, 1.165) is 6.07 Å². The van der Waals surface area contributed by atoms with Gasteiger partial charge in [-0.1, -0.05) is 12.7 Å². The van der Waals surface area contributed by atoms with Gasteiger partial charge in [-0.2, -0.15) is 13.2 Å². The number of aromatic nitrogens is 2. The maximum absolute atomic E-state index is 13.0. The van der Waals surface area contributed by atoms with E-state index in [-0.39, 0.29) is 39.2 Å². The van der Waals surface area contributed by atoms with E-state index in [1.807, 2.05) is 0 Å². The summed E-state index contributed by atoms with van der Waals surface area (Å²) in [4.78, 5) is 28.8. The molecule has 0 spiro atoms. The molecular formula is C17H15F3N4O3. The van der Waals surface area contributed by atoms with E-state index in [1.165, 1.54) is 25.2 Å². The van der Waals surface area contributed by atoms with E-state index in [2.05, 4.69) is 16.5 Å². The molecule has 27 heavy (non-hydrogen) atoms. The first-order chi connectivity index (χ1) is 12.5. The molecule has 0 saturated carbocycles. The quantitative estimate of drug-likeness (QED) is 0.367. The Labute approximate surface area is 150 Å². The first-order valence-corrected chi connectivity index (χ1v) is 7.41. The summed E-state index contributed by atoms with van der Waals surface area (Å²) in [5.74, 6) is -1.20. The number of fused-ring (bicyclic) bond motifs is 1. The number of hydrogen-bond donors (Lipinski definition) is 4. The zero-order valence-corrected chi connectivity index (χ0v) is 14.0. The number of aromatic amines is 1. The van der Waals surface area contributed by atoms with Crippen LogP contribution >= 0.6 is 0 Å². The molecule has 0 aliphatic carbocycles. The number of allylic oxidation sites excluding steroid dienone is 3. The fraction of sp³-hybridized carbons (Fsp3) is 0.118. The molecule has 142 valence electrons. The molecule has 0 saturated heterocycles. The van der Waals surface area contributed by atoms with Gasteiger partial charge >= 0.3 is 6.18 Å². The average Bonchev–Trinajstić information content (AvgIpc) is 2.55. The van der Waals surface area contributed by atoms with Crippen molar-refractivity contribution in [3.8, 4) is 0 Å². The summed E-state index contributed by atoms with van der Waals surface area (Å²) in [6.07, 6.45) is -1.13. The number of anilines is 1. The molecule has 0 bridgehead atoms. The summed E-state index contributed by atoms with van der Waals surface area (Å²) in [6.45, 7) is 4.90. The third kappa shape index (κ3) is 3.84. The lowest BCUT2D eigenvalue weighted by atomic mass is 10.0. The van der Waals surface area contributed by atoms with Gasteiger partial charge in [0, 0.05) is 5.56 Å². The minimum atomic E-state index is -4.99. The Hall–Kier alpha value is -3.56. The molecule has 0 fully saturated rings. The van der Waals surface area contributed by atoms with Crippen LogP contribution in [0.1, 0.15) is 28.5 Å². The van der Waals surface area contributed by atoms with Gasteiger partial charge in [-0.05, 0) is 30.7 Å². The molecule has 1 amide bonds. The monoisotopic (exact) mass is 380 g/mol. The molecule has 0 aliphatic heterocycles. The van der Waals surface area contributed by atoms with E-state index in [0.29, 0.717) is 0 Å². The number of aliphatic hydroxyl groups excluding tert-OH is 1. The topological polar surface area (TPSA) is 135 Å². The van der Waals surface area contributed by atoms with Crippen LogP contribution in [0.5, 0.6) is 0 Å². The van der Waals surface area contributed by atoms with Crippen LogP contribution in [0.2, 0.25) is 0 Å². The average molecular weight is 380 g/mol. The van der Waals surface area contributed by atoms with Crippen molar-refractivity contribution in [2.75, 3.05) is 5.73 Å². The highest BCUT2D eigenvalue weighted by Crippen LogP contribution is 2.31. The van der Waals surface area contributed by atoms with Gasteiger partial charge in [0.2, 0.25) is 5.69 Å². The van der Waals surface area contributed by atoms with Crippen LogP contribution in [0.15, 0.2) is 40.9 Å². The minimum absolute atomic E-state index is 0.0128. The van der Waals surface area contributed by atoms with Gasteiger partial charge in [0.25, 0.3) is 11.5 Å². The number of rotatable bonds is 4. The number of carbonyl (C=O) groups is 1. The molecule has 0 unspecified atom stereocenters. The number of nitrogens with zero attached hydrogens (tertiary/aromatic N) is 1. The smallest absolute Gasteiger partial charge is 0.438 e. The molecule has 6 N–H and O–H groups in total. The fourth-order valence-electron chi connectivity index (χ4n) is 2.35. The summed E-state index contributed by atoms with van der Waals surface area (Å²) < 4.78 is 38.9. The molecule has 2 aromatic rings. The van der Waals surface area contributed by atoms with E-state index in [9.17, 15) is 27.9 Å². The van der Waals surface area contributed by atoms with E-state index in [4.69, 9.17) is 11.5 Å². The maximum Gasteiger partial charge on any atom is 0.438 e. The van der Waals surface area contributed by atoms with Gasteiger partial charge in [-0.3, -0.25) is 9.59 Å². The molecule has 1 aromatic heterocycles. The summed E-state index contributed by atoms with van der Waals surface area (Å²) in [7, 11) is 0. The highest BCUT2D eigenvalue weighted by atomic mass is 19.4. The standard InChI is InChI=1S/C17H15F3N4O3/c1-3-4-11(25)7(2)5-8-12(21)9(15(22)26)6-10-13(8)24-16(27)14(23-10)17(18,19)20/h3-6,25H,1,21H2,2H3,(H2,22,26)(H,24,27)/b7-5+,11-4+. The molecule has 0 atom stereocenters. The number of benzene rings is 1. The van der Waals surface area contributed by atoms with Gasteiger partial charge < -0.3 is 21.6 Å². The number of primary amides is 1. The predicted octanol–water partition coefficient (Wildman–Crippen LogP) is 2.65. The zero-order valence-electron chi connectivity index (χ0n) is 14.0. The van der Waals surface area contributed by atoms with E-state index < -0.39 is 23.3 Å². The third-order valence-corrected chi connectivity index (χ3v) is 3.65. The number of amides is 1. The van der Waals surface area contributed by atoms with Crippen molar-refractivity contribution in [1.82, 2.24) is 9.97 Å². The summed E-state index contributed by atoms with van der Waals surface area (Å²) in [5, 5.41) is 9.88. The number of alkyl halides is 3. The lowest BCUT2D eigenvalue weighted by Crippen LogP contribution is -2.24. The van der Waals surface area contributed by atoms with Gasteiger partial charge in [0.15, 0.2) is 0 Å². The fourth-order valence-corrected chi connectivity index (χ4v) is 2.35. The van der Waals surface area contributed by atoms with Gasteiger partial charge in [-0.25, -0.2) is 4.98 Å². The van der Waals surface area contributed by atoms with Crippen LogP contribution in [-0.4, -0.2) is 21.0 Å². The van der Waals surface area contributed by atoms with Crippen LogP contribution in [0.25, 0.3) is 17.1 Å². The predicted molar refractivity (Wildman–Crippen MR) is 94.9 cm³/mol. The molecule has 0 radical (unpaired) electrons. The van der Waals surface area contributed by atoms with Crippen molar-refractivity contribution in [3.63, 3.8) is 0 Å². The van der Waals surface area contributed by atoms with E-state index in [1.54, 1.807) is 0 Å². The largest absolute Gasteiger partial charge is 0.508 e. The number of carbonyl (C=O) groups excluding carboxylic acids is 1. The number of nitrogens with two attached hydrogens (primary N) is 2. The number of nitrogens with one attached hydrogen (secondary N) is 1. The van der Waals surface area contributed by atoms with Crippen molar-refractivity contribution in [3.05, 3.63) is 63.3 Å². The van der Waals surface area contributed by atoms with Gasteiger partial charge in [0.05, 0.1) is 22.3 Å².